The van der Waals surface area contributed by atoms with Gasteiger partial charge in [-0.25, -0.2) is 5.53 Å². The number of hydrogen-bond acceptors (Lipinski definition) is 8. The molecule has 222 valence electrons. The van der Waals surface area contributed by atoms with Crippen molar-refractivity contribution in [3.8, 4) is 5.75 Å². The Labute approximate surface area is 246 Å². The predicted octanol–water partition coefficient (Wildman–Crippen LogP) is 3.70. The van der Waals surface area contributed by atoms with E-state index in [0.717, 1.165) is 41.1 Å². The zero-order valence-corrected chi connectivity index (χ0v) is 24.7. The highest BCUT2D eigenvalue weighted by Crippen LogP contribution is 2.35. The fraction of sp³-hybridized carbons (Fsp3) is 0.452. The molecule has 2 aromatic carbocycles. The average molecular weight is 573 g/mol. The fourth-order valence-corrected chi connectivity index (χ4v) is 6.33. The maximum atomic E-state index is 14.1. The quantitative estimate of drug-likeness (QED) is 0.318. The molecular weight excluding hydrogens is 532 g/mol. The average Bonchev–Trinajstić information content (AvgIpc) is 3.74. The Balaban J connectivity index is 1.32. The summed E-state index contributed by atoms with van der Waals surface area (Å²) < 4.78 is 7.09. The summed E-state index contributed by atoms with van der Waals surface area (Å²) in [6, 6.07) is 12.7. The summed E-state index contributed by atoms with van der Waals surface area (Å²) in [6.07, 6.45) is 5.97. The van der Waals surface area contributed by atoms with Crippen molar-refractivity contribution in [2.75, 3.05) is 39.6 Å². The molecule has 1 aromatic heterocycles. The van der Waals surface area contributed by atoms with Gasteiger partial charge in [0.1, 0.15) is 17.5 Å². The van der Waals surface area contributed by atoms with E-state index >= 15 is 0 Å². The molecule has 0 saturated carbocycles. The van der Waals surface area contributed by atoms with Crippen LogP contribution in [0.4, 0.5) is 11.4 Å². The summed E-state index contributed by atoms with van der Waals surface area (Å²) in [6.45, 7) is 1.59. The van der Waals surface area contributed by atoms with Gasteiger partial charge in [-0.1, -0.05) is 18.2 Å². The highest BCUT2D eigenvalue weighted by molar-refractivity contribution is 5.90. The molecule has 2 amide bonds. The number of carbonyl (C=O) groups excluding carboxylic acids is 2. The Kier molecular flexibility index (Phi) is 8.86. The largest absolute Gasteiger partial charge is 0.497 e. The predicted molar refractivity (Wildman–Crippen MR) is 160 cm³/mol. The van der Waals surface area contributed by atoms with Gasteiger partial charge in [0.2, 0.25) is 11.8 Å². The first-order valence-corrected chi connectivity index (χ1v) is 14.4. The molecule has 5 rings (SSSR count). The lowest BCUT2D eigenvalue weighted by Crippen LogP contribution is -2.51. The molecule has 11 nitrogen and oxygen atoms in total. The second-order valence-corrected chi connectivity index (χ2v) is 11.4. The Hall–Kier alpha value is -4.25. The number of aryl methyl sites for hydroxylation is 1. The van der Waals surface area contributed by atoms with Gasteiger partial charge in [-0.3, -0.25) is 19.2 Å². The van der Waals surface area contributed by atoms with Crippen LogP contribution in [0.5, 0.6) is 5.75 Å². The smallest absolute Gasteiger partial charge is 0.243 e. The third-order valence-electron chi connectivity index (χ3n) is 8.61. The first kappa shape index (κ1) is 29.2. The molecule has 2 aliphatic heterocycles. The number of methoxy groups -OCH3 is 1. The molecule has 11 heteroatoms. The molecule has 3 aromatic rings. The zero-order valence-electron chi connectivity index (χ0n) is 24.7. The molecule has 0 bridgehead atoms. The van der Waals surface area contributed by atoms with Crippen molar-refractivity contribution in [3.63, 3.8) is 0 Å². The summed E-state index contributed by atoms with van der Waals surface area (Å²) in [4.78, 5) is 31.7. The maximum Gasteiger partial charge on any atom is 0.243 e. The number of nitrogens with one attached hydrogen (secondary N) is 3. The Morgan fingerprint density at radius 1 is 1.07 bits per heavy atom. The summed E-state index contributed by atoms with van der Waals surface area (Å²) >= 11 is 0. The van der Waals surface area contributed by atoms with E-state index in [1.165, 1.54) is 0 Å². The van der Waals surface area contributed by atoms with Gasteiger partial charge < -0.3 is 20.3 Å². The van der Waals surface area contributed by atoms with Crippen molar-refractivity contribution in [2.24, 2.45) is 18.1 Å². The minimum absolute atomic E-state index is 0.00920. The van der Waals surface area contributed by atoms with Crippen LogP contribution in [0.2, 0.25) is 0 Å². The van der Waals surface area contributed by atoms with Gasteiger partial charge in [0, 0.05) is 45.8 Å². The van der Waals surface area contributed by atoms with Crippen molar-refractivity contribution < 1.29 is 14.3 Å². The van der Waals surface area contributed by atoms with Crippen LogP contribution in [-0.2, 0) is 29.6 Å². The number of benzene rings is 2. The number of likely N-dealkylation sites (N-methyl/N-ethyl adjacent to an activating group) is 1. The van der Waals surface area contributed by atoms with Gasteiger partial charge >= 0.3 is 0 Å². The third kappa shape index (κ3) is 6.30. The highest BCUT2D eigenvalue weighted by atomic mass is 16.5. The van der Waals surface area contributed by atoms with Crippen LogP contribution < -0.4 is 15.4 Å². The molecule has 42 heavy (non-hydrogen) atoms. The van der Waals surface area contributed by atoms with Gasteiger partial charge in [-0.05, 0) is 73.2 Å². The van der Waals surface area contributed by atoms with Crippen molar-refractivity contribution in [3.05, 3.63) is 71.5 Å². The van der Waals surface area contributed by atoms with E-state index < -0.39 is 6.04 Å². The van der Waals surface area contributed by atoms with Crippen LogP contribution >= 0.6 is 0 Å². The van der Waals surface area contributed by atoms with Gasteiger partial charge in [0.05, 0.1) is 25.0 Å². The molecule has 0 radical (unpaired) electrons. The first-order valence-electron chi connectivity index (χ1n) is 14.4. The van der Waals surface area contributed by atoms with Crippen molar-refractivity contribution in [1.29, 1.82) is 5.53 Å². The number of anilines is 1. The Bertz CT molecular complexity index is 1420. The van der Waals surface area contributed by atoms with Crippen LogP contribution in [0.1, 0.15) is 35.4 Å². The second-order valence-electron chi connectivity index (χ2n) is 11.4. The number of rotatable bonds is 10. The van der Waals surface area contributed by atoms with E-state index in [0.29, 0.717) is 31.6 Å². The van der Waals surface area contributed by atoms with Crippen LogP contribution in [-0.4, -0.2) is 77.8 Å². The Morgan fingerprint density at radius 2 is 1.83 bits per heavy atom. The molecule has 3 N–H and O–H groups in total. The lowest BCUT2D eigenvalue weighted by Gasteiger charge is -2.29. The van der Waals surface area contributed by atoms with Crippen LogP contribution in [0.15, 0.2) is 60.0 Å². The van der Waals surface area contributed by atoms with Crippen LogP contribution in [0, 0.1) is 11.4 Å². The van der Waals surface area contributed by atoms with E-state index in [4.69, 9.17) is 10.3 Å². The van der Waals surface area contributed by atoms with Crippen molar-refractivity contribution in [2.45, 2.75) is 43.8 Å². The van der Waals surface area contributed by atoms with Gasteiger partial charge in [0.25, 0.3) is 0 Å². The number of hydrogen-bond donors (Lipinski definition) is 3. The minimum Gasteiger partial charge on any atom is -0.497 e. The van der Waals surface area contributed by atoms with Crippen molar-refractivity contribution >= 4 is 23.2 Å². The van der Waals surface area contributed by atoms with Gasteiger partial charge in [0.15, 0.2) is 0 Å². The normalized spacial score (nSPS) is 22.2. The van der Waals surface area contributed by atoms with Crippen molar-refractivity contribution in [1.82, 2.24) is 24.9 Å². The topological polar surface area (TPSA) is 128 Å². The van der Waals surface area contributed by atoms with Crippen LogP contribution in [0.3, 0.4) is 0 Å². The molecule has 2 saturated heterocycles. The lowest BCUT2D eigenvalue weighted by atomic mass is 9.96. The number of likely N-dealkylation sites (tertiary alicyclic amines) is 2. The Morgan fingerprint density at radius 3 is 2.50 bits per heavy atom. The van der Waals surface area contributed by atoms with E-state index in [1.54, 1.807) is 24.9 Å². The van der Waals surface area contributed by atoms with Gasteiger partial charge in [-0.15, -0.1) is 0 Å². The SMILES string of the molecule is CNc1ccc(CNC(=O)[C@@H]2C[C@@H](Cc3ccc(OC)cc3)CN2C(=O)[C@H]2C[C@@H](c3cnn(C)c3)CN2C)cc1N=N. The summed E-state index contributed by atoms with van der Waals surface area (Å²) in [5.74, 6) is 1.03. The summed E-state index contributed by atoms with van der Waals surface area (Å²) in [5.41, 5.74) is 11.8. The maximum absolute atomic E-state index is 14.1. The third-order valence-corrected chi connectivity index (χ3v) is 8.61. The van der Waals surface area contributed by atoms with Crippen LogP contribution in [0.25, 0.3) is 0 Å². The lowest BCUT2D eigenvalue weighted by molar-refractivity contribution is -0.141. The van der Waals surface area contributed by atoms with E-state index in [1.807, 2.05) is 67.8 Å². The van der Waals surface area contributed by atoms with E-state index in [2.05, 4.69) is 25.7 Å². The highest BCUT2D eigenvalue weighted by Gasteiger charge is 2.45. The number of nitrogens with zero attached hydrogens (tertiary/aromatic N) is 5. The number of ether oxygens (including phenoxy) is 1. The number of amides is 2. The van der Waals surface area contributed by atoms with E-state index in [-0.39, 0.29) is 29.7 Å². The molecule has 2 fully saturated rings. The first-order chi connectivity index (χ1) is 20.3. The molecule has 4 atom stereocenters. The monoisotopic (exact) mass is 572 g/mol. The summed E-state index contributed by atoms with van der Waals surface area (Å²) in [7, 11) is 7.32. The fourth-order valence-electron chi connectivity index (χ4n) is 6.33. The molecule has 2 aliphatic rings. The second kappa shape index (κ2) is 12.7. The molecular formula is C31H40N8O3. The molecule has 0 spiro atoms. The number of carbonyl (C=O) groups is 2. The molecule has 0 aliphatic carbocycles. The van der Waals surface area contributed by atoms with E-state index in [9.17, 15) is 9.59 Å². The minimum atomic E-state index is -0.552. The molecule has 3 heterocycles. The zero-order chi connectivity index (χ0) is 29.8. The summed E-state index contributed by atoms with van der Waals surface area (Å²) in [5, 5.41) is 14.0. The standard InChI is InChI=1S/C31H40N8O3/c1-33-26-10-7-21(12-27(26)36-32)15-34-30(40)28-13-22(11-20-5-8-25(42-4)9-6-20)17-39(28)31(41)29-14-23(18-37(29)2)24-16-35-38(3)19-24/h5-10,12,16,19,22-23,28-29,32-33H,11,13-15,17-18H2,1-4H3,(H,34,40)/t22-,23-,28+,29-/m1/s1. The number of aromatic nitrogens is 2. The van der Waals surface area contributed by atoms with Gasteiger partial charge in [-0.2, -0.15) is 10.2 Å². The molecule has 0 unspecified atom stereocenters.